The molecular weight excluding hydrogens is 466 g/mol. The van der Waals surface area contributed by atoms with E-state index in [0.717, 1.165) is 36.0 Å². The summed E-state index contributed by atoms with van der Waals surface area (Å²) >= 11 is 0. The lowest BCUT2D eigenvalue weighted by molar-refractivity contribution is 0.0785. The van der Waals surface area contributed by atoms with E-state index in [4.69, 9.17) is 4.42 Å². The lowest BCUT2D eigenvalue weighted by Crippen LogP contribution is -2.35. The number of aliphatic hydroxyl groups excluding tert-OH is 1. The normalized spacial score (nSPS) is 18.0. The minimum Gasteiger partial charge on any atom is -0.421 e. The average Bonchev–Trinajstić information content (AvgIpc) is 3.58. The molecule has 3 atom stereocenters. The highest BCUT2D eigenvalue weighted by molar-refractivity contribution is 5.94. The summed E-state index contributed by atoms with van der Waals surface area (Å²) < 4.78 is 5.48. The molecule has 0 spiro atoms. The van der Waals surface area contributed by atoms with Crippen molar-refractivity contribution in [3.8, 4) is 11.5 Å². The molecule has 2 aromatic carbocycles. The second-order valence-corrected chi connectivity index (χ2v) is 9.67. The van der Waals surface area contributed by atoms with E-state index in [1.165, 1.54) is 5.56 Å². The Hall–Kier alpha value is -3.88. The van der Waals surface area contributed by atoms with Crippen LogP contribution in [0, 0.1) is 6.92 Å². The smallest absolute Gasteiger partial charge is 0.253 e. The molecule has 8 nitrogen and oxygen atoms in total. The molecule has 3 heterocycles. The van der Waals surface area contributed by atoms with Crippen LogP contribution in [0.25, 0.3) is 11.5 Å². The van der Waals surface area contributed by atoms with Gasteiger partial charge in [0.1, 0.15) is 0 Å². The van der Waals surface area contributed by atoms with Crippen LogP contribution < -0.4 is 5.32 Å². The Bertz CT molecular complexity index is 1340. The van der Waals surface area contributed by atoms with Gasteiger partial charge in [-0.1, -0.05) is 42.5 Å². The summed E-state index contributed by atoms with van der Waals surface area (Å²) in [5, 5.41) is 22.2. The first-order chi connectivity index (χ1) is 18.0. The molecule has 190 valence electrons. The molecule has 1 aliphatic rings. The number of nitrogens with one attached hydrogen (secondary N) is 1. The molecule has 2 N–H and O–H groups in total. The van der Waals surface area contributed by atoms with Crippen LogP contribution in [0.15, 0.2) is 77.5 Å². The molecule has 37 heavy (non-hydrogen) atoms. The third-order valence-electron chi connectivity index (χ3n) is 6.82. The second-order valence-electron chi connectivity index (χ2n) is 9.67. The summed E-state index contributed by atoms with van der Waals surface area (Å²) in [7, 11) is 1.78. The summed E-state index contributed by atoms with van der Waals surface area (Å²) in [6.07, 6.45) is 5.69. The zero-order chi connectivity index (χ0) is 25.8. The Morgan fingerprint density at radius 1 is 1.08 bits per heavy atom. The van der Waals surface area contributed by atoms with E-state index in [1.807, 2.05) is 60.7 Å². The third-order valence-corrected chi connectivity index (χ3v) is 6.82. The molecule has 5 rings (SSSR count). The van der Waals surface area contributed by atoms with Gasteiger partial charge in [-0.25, -0.2) is 0 Å². The number of aryl methyl sites for hydroxylation is 1. The number of amides is 1. The monoisotopic (exact) mass is 497 g/mol. The van der Waals surface area contributed by atoms with Crippen LogP contribution in [0.2, 0.25) is 0 Å². The Morgan fingerprint density at radius 2 is 1.86 bits per heavy atom. The van der Waals surface area contributed by atoms with Gasteiger partial charge in [-0.15, -0.1) is 10.2 Å². The summed E-state index contributed by atoms with van der Waals surface area (Å²) in [5.74, 6) is 0.842. The fourth-order valence-electron chi connectivity index (χ4n) is 4.88. The van der Waals surface area contributed by atoms with Gasteiger partial charge in [0.15, 0.2) is 0 Å². The summed E-state index contributed by atoms with van der Waals surface area (Å²) in [6.45, 7) is 2.15. The highest BCUT2D eigenvalue weighted by atomic mass is 16.4. The van der Waals surface area contributed by atoms with Gasteiger partial charge < -0.3 is 19.7 Å². The molecule has 0 radical (unpaired) electrons. The summed E-state index contributed by atoms with van der Waals surface area (Å²) in [6, 6.07) is 19.9. The Balaban J connectivity index is 1.16. The number of carbonyl (C=O) groups is 1. The molecule has 1 saturated heterocycles. The van der Waals surface area contributed by atoms with Crippen LogP contribution in [0.3, 0.4) is 0 Å². The third kappa shape index (κ3) is 5.93. The van der Waals surface area contributed by atoms with Crippen LogP contribution in [0.5, 0.6) is 0 Å². The Labute approximate surface area is 216 Å². The molecule has 1 unspecified atom stereocenters. The van der Waals surface area contributed by atoms with Crippen molar-refractivity contribution in [2.24, 2.45) is 0 Å². The van der Waals surface area contributed by atoms with E-state index in [0.29, 0.717) is 29.9 Å². The zero-order valence-electron chi connectivity index (χ0n) is 21.0. The van der Waals surface area contributed by atoms with Crippen LogP contribution in [-0.4, -0.2) is 50.2 Å². The van der Waals surface area contributed by atoms with Gasteiger partial charge in [-0.05, 0) is 54.2 Å². The quantitative estimate of drug-likeness (QED) is 0.378. The molecular formula is C29H31N5O3. The molecule has 1 amide bonds. The number of aliphatic hydroxyl groups is 1. The summed E-state index contributed by atoms with van der Waals surface area (Å²) in [4.78, 5) is 19.0. The molecule has 0 aliphatic carbocycles. The van der Waals surface area contributed by atoms with E-state index < -0.39 is 6.10 Å². The second kappa shape index (κ2) is 11.0. The van der Waals surface area contributed by atoms with Crippen LogP contribution in [0.1, 0.15) is 51.9 Å². The first-order valence-electron chi connectivity index (χ1n) is 12.5. The number of hydrogen-bond donors (Lipinski definition) is 2. The highest BCUT2D eigenvalue weighted by Gasteiger charge is 2.29. The minimum atomic E-state index is -0.506. The van der Waals surface area contributed by atoms with Crippen molar-refractivity contribution in [3.63, 3.8) is 0 Å². The SMILES string of the molecule is Cc1nnc(-c2cncc(CN(C)C(=O)c3ccc(C[C@@H]4CC[C@H](C(O)c5ccccc5)N4)cc3)c2)o1. The van der Waals surface area contributed by atoms with Crippen LogP contribution in [0.4, 0.5) is 0 Å². The number of benzene rings is 2. The van der Waals surface area contributed by atoms with Crippen molar-refractivity contribution >= 4 is 5.91 Å². The van der Waals surface area contributed by atoms with Crippen LogP contribution in [-0.2, 0) is 13.0 Å². The maximum atomic E-state index is 13.0. The number of nitrogens with zero attached hydrogens (tertiary/aromatic N) is 4. The maximum absolute atomic E-state index is 13.0. The van der Waals surface area contributed by atoms with E-state index in [9.17, 15) is 9.90 Å². The van der Waals surface area contributed by atoms with Gasteiger partial charge in [0, 0.05) is 50.6 Å². The molecule has 1 fully saturated rings. The number of aromatic nitrogens is 3. The molecule has 0 saturated carbocycles. The molecule has 1 aliphatic heterocycles. The Morgan fingerprint density at radius 3 is 2.59 bits per heavy atom. The number of hydrogen-bond acceptors (Lipinski definition) is 7. The fourth-order valence-corrected chi connectivity index (χ4v) is 4.88. The lowest BCUT2D eigenvalue weighted by Gasteiger charge is -2.20. The van der Waals surface area contributed by atoms with Crippen LogP contribution >= 0.6 is 0 Å². The lowest BCUT2D eigenvalue weighted by atomic mass is 10.0. The van der Waals surface area contributed by atoms with Gasteiger partial charge in [0.05, 0.1) is 11.7 Å². The van der Waals surface area contributed by atoms with Gasteiger partial charge >= 0.3 is 0 Å². The van der Waals surface area contributed by atoms with Crippen molar-refractivity contribution in [2.45, 2.75) is 50.9 Å². The average molecular weight is 498 g/mol. The van der Waals surface area contributed by atoms with Gasteiger partial charge in [-0.3, -0.25) is 9.78 Å². The molecule has 8 heteroatoms. The van der Waals surface area contributed by atoms with E-state index >= 15 is 0 Å². The van der Waals surface area contributed by atoms with Gasteiger partial charge in [-0.2, -0.15) is 0 Å². The van der Waals surface area contributed by atoms with E-state index in [2.05, 4.69) is 20.5 Å². The number of carbonyl (C=O) groups excluding carboxylic acids is 1. The predicted octanol–water partition coefficient (Wildman–Crippen LogP) is 4.11. The van der Waals surface area contributed by atoms with Gasteiger partial charge in [0.2, 0.25) is 11.8 Å². The van der Waals surface area contributed by atoms with Crippen molar-refractivity contribution in [1.82, 2.24) is 25.4 Å². The van der Waals surface area contributed by atoms with E-state index in [-0.39, 0.29) is 11.9 Å². The first-order valence-corrected chi connectivity index (χ1v) is 12.5. The first kappa shape index (κ1) is 24.8. The predicted molar refractivity (Wildman–Crippen MR) is 140 cm³/mol. The fraction of sp³-hybridized carbons (Fsp3) is 0.310. The topological polar surface area (TPSA) is 104 Å². The number of rotatable bonds is 8. The molecule has 0 bridgehead atoms. The Kier molecular flexibility index (Phi) is 7.39. The zero-order valence-corrected chi connectivity index (χ0v) is 21.0. The van der Waals surface area contributed by atoms with E-state index in [1.54, 1.807) is 31.3 Å². The van der Waals surface area contributed by atoms with Gasteiger partial charge in [0.25, 0.3) is 5.91 Å². The van der Waals surface area contributed by atoms with Crippen molar-refractivity contribution in [3.05, 3.63) is 101 Å². The highest BCUT2D eigenvalue weighted by Crippen LogP contribution is 2.27. The largest absolute Gasteiger partial charge is 0.421 e. The number of pyridine rings is 1. The summed E-state index contributed by atoms with van der Waals surface area (Å²) in [5.41, 5.74) is 4.35. The standard InChI is InChI=1S/C29H31N5O3/c1-19-32-33-28(37-19)24-14-21(16-30-17-24)18-34(2)29(36)23-10-8-20(9-11-23)15-25-12-13-26(31-25)27(35)22-6-4-3-5-7-22/h3-11,14,16-17,25-27,31,35H,12-13,15,18H2,1-2H3/t25-,26+,27?/m0/s1. The van der Waals surface area contributed by atoms with Crippen molar-refractivity contribution in [1.29, 1.82) is 0 Å². The molecule has 2 aromatic heterocycles. The van der Waals surface area contributed by atoms with Crippen molar-refractivity contribution in [2.75, 3.05) is 7.05 Å². The maximum Gasteiger partial charge on any atom is 0.253 e. The molecule has 4 aromatic rings. The van der Waals surface area contributed by atoms with Crippen molar-refractivity contribution < 1.29 is 14.3 Å². The minimum absolute atomic E-state index is 0.0544.